The SMILES string of the molecule is CC1(OCC(=O)NC(C(=O)O)c2ccccc2)CNC1. The average Bonchev–Trinajstić information content (AvgIpc) is 2.41. The average molecular weight is 278 g/mol. The lowest BCUT2D eigenvalue weighted by Gasteiger charge is -2.38. The van der Waals surface area contributed by atoms with E-state index >= 15 is 0 Å². The third-order valence-electron chi connectivity index (χ3n) is 3.23. The fraction of sp³-hybridized carbons (Fsp3) is 0.429. The van der Waals surface area contributed by atoms with Crippen LogP contribution >= 0.6 is 0 Å². The molecule has 20 heavy (non-hydrogen) atoms. The Morgan fingerprint density at radius 1 is 1.40 bits per heavy atom. The molecule has 0 saturated carbocycles. The van der Waals surface area contributed by atoms with Gasteiger partial charge in [-0.05, 0) is 12.5 Å². The molecule has 1 saturated heterocycles. The van der Waals surface area contributed by atoms with Crippen molar-refractivity contribution in [1.29, 1.82) is 0 Å². The molecule has 1 aromatic rings. The van der Waals surface area contributed by atoms with Crippen LogP contribution in [0.4, 0.5) is 0 Å². The Morgan fingerprint density at radius 2 is 2.05 bits per heavy atom. The van der Waals surface area contributed by atoms with E-state index in [1.54, 1.807) is 30.3 Å². The number of nitrogens with one attached hydrogen (secondary N) is 2. The molecule has 1 aliphatic heterocycles. The summed E-state index contributed by atoms with van der Waals surface area (Å²) in [6.07, 6.45) is 0. The third kappa shape index (κ3) is 3.55. The highest BCUT2D eigenvalue weighted by atomic mass is 16.5. The zero-order valence-corrected chi connectivity index (χ0v) is 11.3. The Hall–Kier alpha value is -1.92. The molecule has 6 heteroatoms. The summed E-state index contributed by atoms with van der Waals surface area (Å²) in [5.74, 6) is -1.53. The van der Waals surface area contributed by atoms with E-state index in [1.807, 2.05) is 6.92 Å². The maximum absolute atomic E-state index is 11.8. The molecule has 108 valence electrons. The molecule has 6 nitrogen and oxygen atoms in total. The molecular weight excluding hydrogens is 260 g/mol. The molecule has 2 rings (SSSR count). The summed E-state index contributed by atoms with van der Waals surface area (Å²) in [5, 5.41) is 14.7. The van der Waals surface area contributed by atoms with Crippen LogP contribution < -0.4 is 10.6 Å². The van der Waals surface area contributed by atoms with Crippen LogP contribution in [0.1, 0.15) is 18.5 Å². The number of carbonyl (C=O) groups is 2. The minimum absolute atomic E-state index is 0.144. The van der Waals surface area contributed by atoms with E-state index < -0.39 is 17.9 Å². The first kappa shape index (κ1) is 14.5. The number of amides is 1. The van der Waals surface area contributed by atoms with Gasteiger partial charge in [0, 0.05) is 13.1 Å². The molecule has 0 bridgehead atoms. The molecular formula is C14H18N2O4. The van der Waals surface area contributed by atoms with Crippen LogP contribution in [-0.4, -0.2) is 42.3 Å². The van der Waals surface area contributed by atoms with E-state index in [0.29, 0.717) is 18.7 Å². The van der Waals surface area contributed by atoms with Crippen LogP contribution in [0.2, 0.25) is 0 Å². The number of benzene rings is 1. The molecule has 0 radical (unpaired) electrons. The van der Waals surface area contributed by atoms with E-state index in [4.69, 9.17) is 4.74 Å². The van der Waals surface area contributed by atoms with Gasteiger partial charge in [0.25, 0.3) is 0 Å². The van der Waals surface area contributed by atoms with Crippen molar-refractivity contribution in [1.82, 2.24) is 10.6 Å². The number of hydrogen-bond acceptors (Lipinski definition) is 4. The highest BCUT2D eigenvalue weighted by Gasteiger charge is 2.33. The Labute approximate surface area is 117 Å². The monoisotopic (exact) mass is 278 g/mol. The molecule has 0 aromatic heterocycles. The second kappa shape index (κ2) is 6.02. The number of rotatable bonds is 6. The third-order valence-corrected chi connectivity index (χ3v) is 3.23. The van der Waals surface area contributed by atoms with E-state index in [1.165, 1.54) is 0 Å². The number of carboxylic acid groups (broad SMARTS) is 1. The fourth-order valence-corrected chi connectivity index (χ4v) is 1.95. The van der Waals surface area contributed by atoms with Gasteiger partial charge in [0.1, 0.15) is 6.61 Å². The largest absolute Gasteiger partial charge is 0.479 e. The normalized spacial score (nSPS) is 17.9. The highest BCUT2D eigenvalue weighted by molar-refractivity contribution is 5.85. The summed E-state index contributed by atoms with van der Waals surface area (Å²) in [4.78, 5) is 23.0. The van der Waals surface area contributed by atoms with Crippen LogP contribution in [0.25, 0.3) is 0 Å². The zero-order chi connectivity index (χ0) is 14.6. The van der Waals surface area contributed by atoms with Gasteiger partial charge in [-0.1, -0.05) is 30.3 Å². The Bertz CT molecular complexity index is 485. The highest BCUT2D eigenvalue weighted by Crippen LogP contribution is 2.16. The molecule has 1 aromatic carbocycles. The summed E-state index contributed by atoms with van der Waals surface area (Å²) in [6.45, 7) is 3.15. The molecule has 1 unspecified atom stereocenters. The Morgan fingerprint density at radius 3 is 2.55 bits per heavy atom. The van der Waals surface area contributed by atoms with Gasteiger partial charge in [-0.25, -0.2) is 4.79 Å². The van der Waals surface area contributed by atoms with Crippen LogP contribution in [0.3, 0.4) is 0 Å². The van der Waals surface area contributed by atoms with E-state index in [-0.39, 0.29) is 12.2 Å². The van der Waals surface area contributed by atoms with Crippen LogP contribution in [0.5, 0.6) is 0 Å². The number of ether oxygens (including phenoxy) is 1. The van der Waals surface area contributed by atoms with Crippen molar-refractivity contribution in [2.75, 3.05) is 19.7 Å². The first-order valence-corrected chi connectivity index (χ1v) is 6.42. The van der Waals surface area contributed by atoms with Crippen molar-refractivity contribution in [2.45, 2.75) is 18.6 Å². The number of carbonyl (C=O) groups excluding carboxylic acids is 1. The van der Waals surface area contributed by atoms with Crippen LogP contribution in [0, 0.1) is 0 Å². The smallest absolute Gasteiger partial charge is 0.330 e. The zero-order valence-electron chi connectivity index (χ0n) is 11.3. The van der Waals surface area contributed by atoms with Crippen LogP contribution in [0.15, 0.2) is 30.3 Å². The van der Waals surface area contributed by atoms with Gasteiger partial charge < -0.3 is 20.5 Å². The molecule has 1 heterocycles. The maximum Gasteiger partial charge on any atom is 0.330 e. The summed E-state index contributed by atoms with van der Waals surface area (Å²) in [6, 6.07) is 7.52. The summed E-state index contributed by atoms with van der Waals surface area (Å²) >= 11 is 0. The lowest BCUT2D eigenvalue weighted by Crippen LogP contribution is -2.59. The predicted molar refractivity (Wildman–Crippen MR) is 72.2 cm³/mol. The number of hydrogen-bond donors (Lipinski definition) is 3. The predicted octanol–water partition coefficient (Wildman–Crippen LogP) is 0.307. The van der Waals surface area contributed by atoms with E-state index in [0.717, 1.165) is 0 Å². The van der Waals surface area contributed by atoms with Gasteiger partial charge in [0.2, 0.25) is 5.91 Å². The summed E-state index contributed by atoms with van der Waals surface area (Å²) in [5.41, 5.74) is 0.202. The molecule has 0 spiro atoms. The Balaban J connectivity index is 1.91. The van der Waals surface area contributed by atoms with Crippen molar-refractivity contribution in [3.05, 3.63) is 35.9 Å². The molecule has 1 fully saturated rings. The van der Waals surface area contributed by atoms with E-state index in [9.17, 15) is 14.7 Å². The topological polar surface area (TPSA) is 87.7 Å². The maximum atomic E-state index is 11.8. The minimum Gasteiger partial charge on any atom is -0.479 e. The fourth-order valence-electron chi connectivity index (χ4n) is 1.95. The van der Waals surface area contributed by atoms with Gasteiger partial charge >= 0.3 is 5.97 Å². The summed E-state index contributed by atoms with van der Waals surface area (Å²) in [7, 11) is 0. The second-order valence-electron chi connectivity index (χ2n) is 5.09. The van der Waals surface area contributed by atoms with Gasteiger partial charge in [-0.3, -0.25) is 4.79 Å². The minimum atomic E-state index is -1.10. The van der Waals surface area contributed by atoms with Crippen molar-refractivity contribution in [3.8, 4) is 0 Å². The van der Waals surface area contributed by atoms with Crippen molar-refractivity contribution in [2.24, 2.45) is 0 Å². The Kier molecular flexibility index (Phi) is 4.36. The molecule has 3 N–H and O–H groups in total. The van der Waals surface area contributed by atoms with Crippen LogP contribution in [-0.2, 0) is 14.3 Å². The van der Waals surface area contributed by atoms with Crippen molar-refractivity contribution < 1.29 is 19.4 Å². The van der Waals surface area contributed by atoms with Gasteiger partial charge in [0.05, 0.1) is 5.60 Å². The second-order valence-corrected chi connectivity index (χ2v) is 5.09. The molecule has 1 atom stereocenters. The summed E-state index contributed by atoms with van der Waals surface area (Å²) < 4.78 is 5.48. The van der Waals surface area contributed by atoms with E-state index in [2.05, 4.69) is 10.6 Å². The standard InChI is InChI=1S/C14H18N2O4/c1-14(8-15-9-14)20-7-11(17)16-12(13(18)19)10-5-3-2-4-6-10/h2-6,12,15H,7-9H2,1H3,(H,16,17)(H,18,19). The lowest BCUT2D eigenvalue weighted by atomic mass is 10.0. The molecule has 0 aliphatic carbocycles. The first-order chi connectivity index (χ1) is 9.50. The number of aliphatic carboxylic acids is 1. The van der Waals surface area contributed by atoms with Crippen molar-refractivity contribution in [3.63, 3.8) is 0 Å². The molecule has 1 amide bonds. The quantitative estimate of drug-likeness (QED) is 0.697. The van der Waals surface area contributed by atoms with Gasteiger partial charge in [-0.15, -0.1) is 0 Å². The number of carboxylic acids is 1. The first-order valence-electron chi connectivity index (χ1n) is 6.42. The van der Waals surface area contributed by atoms with Crippen molar-refractivity contribution >= 4 is 11.9 Å². The lowest BCUT2D eigenvalue weighted by molar-refractivity contribution is -0.145. The van der Waals surface area contributed by atoms with Gasteiger partial charge in [0.15, 0.2) is 6.04 Å². The molecule has 1 aliphatic rings. The van der Waals surface area contributed by atoms with Gasteiger partial charge in [-0.2, -0.15) is 0 Å².